The molecule has 1 saturated heterocycles. The van der Waals surface area contributed by atoms with E-state index < -0.39 is 17.3 Å². The van der Waals surface area contributed by atoms with Gasteiger partial charge in [-0.2, -0.15) is 5.26 Å². The highest BCUT2D eigenvalue weighted by Crippen LogP contribution is 2.46. The molecule has 3 fully saturated rings. The Kier molecular flexibility index (Phi) is 5.52. The van der Waals surface area contributed by atoms with E-state index in [1.807, 2.05) is 19.2 Å². The number of nitrogens with one attached hydrogen (secondary N) is 3. The van der Waals surface area contributed by atoms with Gasteiger partial charge in [-0.3, -0.25) is 15.6 Å². The molecule has 4 rings (SSSR count). The molecule has 0 bridgehead atoms. The first-order valence-corrected chi connectivity index (χ1v) is 10.9. The Morgan fingerprint density at radius 3 is 2.48 bits per heavy atom. The summed E-state index contributed by atoms with van der Waals surface area (Å²) in [4.78, 5) is 12.4. The first-order chi connectivity index (χ1) is 13.9. The van der Waals surface area contributed by atoms with Gasteiger partial charge in [0, 0.05) is 17.1 Å². The fourth-order valence-corrected chi connectivity index (χ4v) is 5.64. The quantitative estimate of drug-likeness (QED) is 0.551. The lowest BCUT2D eigenvalue weighted by Crippen LogP contribution is -2.53. The lowest BCUT2D eigenvalue weighted by Gasteiger charge is -2.45. The van der Waals surface area contributed by atoms with Gasteiger partial charge >= 0.3 is 0 Å². The number of nitriles is 1. The second-order valence-corrected chi connectivity index (χ2v) is 9.42. The Labute approximate surface area is 173 Å². The van der Waals surface area contributed by atoms with E-state index in [4.69, 9.17) is 0 Å². The van der Waals surface area contributed by atoms with Crippen LogP contribution in [0, 0.1) is 17.2 Å². The van der Waals surface area contributed by atoms with E-state index >= 15 is 0 Å². The van der Waals surface area contributed by atoms with E-state index in [0.717, 1.165) is 51.4 Å². The Balaban J connectivity index is 1.45. The molecule has 3 aliphatic rings. The summed E-state index contributed by atoms with van der Waals surface area (Å²) >= 11 is 0. The van der Waals surface area contributed by atoms with Gasteiger partial charge in [-0.25, -0.2) is 0 Å². The molecule has 1 heterocycles. The molecule has 1 aromatic carbocycles. The van der Waals surface area contributed by atoms with Gasteiger partial charge in [-0.1, -0.05) is 30.3 Å². The van der Waals surface area contributed by atoms with Gasteiger partial charge in [0.25, 0.3) is 0 Å². The van der Waals surface area contributed by atoms with Crippen molar-refractivity contribution in [2.45, 2.75) is 80.5 Å². The molecule has 1 unspecified atom stereocenters. The highest BCUT2D eigenvalue weighted by molar-refractivity contribution is 5.95. The van der Waals surface area contributed by atoms with Gasteiger partial charge in [0.15, 0.2) is 0 Å². The van der Waals surface area contributed by atoms with Crippen molar-refractivity contribution in [3.05, 3.63) is 35.9 Å². The lowest BCUT2D eigenvalue weighted by molar-refractivity contribution is -0.123. The van der Waals surface area contributed by atoms with E-state index in [0.29, 0.717) is 6.42 Å². The second kappa shape index (κ2) is 7.81. The number of hydrogen-bond donors (Lipinski definition) is 4. The zero-order chi connectivity index (χ0) is 20.5. The minimum Gasteiger partial charge on any atom is -0.390 e. The molecule has 0 radical (unpaired) electrons. The molecule has 2 saturated carbocycles. The molecule has 1 aromatic rings. The summed E-state index contributed by atoms with van der Waals surface area (Å²) in [5, 5.41) is 23.4. The topological polar surface area (TPSA) is 97.2 Å². The van der Waals surface area contributed by atoms with Crippen LogP contribution < -0.4 is 16.2 Å². The van der Waals surface area contributed by atoms with Gasteiger partial charge in [0.2, 0.25) is 5.78 Å². The van der Waals surface area contributed by atoms with E-state index in [1.165, 1.54) is 5.56 Å². The zero-order valence-corrected chi connectivity index (χ0v) is 17.2. The Hall–Kier alpha value is -1.78. The summed E-state index contributed by atoms with van der Waals surface area (Å²) in [6, 6.07) is 12.3. The molecular weight excluding hydrogens is 364 g/mol. The maximum Gasteiger partial charge on any atom is 0.236 e. The minimum absolute atomic E-state index is 0.0186. The van der Waals surface area contributed by atoms with Crippen LogP contribution in [0.3, 0.4) is 0 Å². The van der Waals surface area contributed by atoms with E-state index in [1.54, 1.807) is 0 Å². The molecule has 2 atom stereocenters. The van der Waals surface area contributed by atoms with Crippen LogP contribution >= 0.6 is 0 Å². The molecule has 0 aromatic heterocycles. The van der Waals surface area contributed by atoms with Crippen molar-refractivity contribution >= 4 is 5.78 Å². The summed E-state index contributed by atoms with van der Waals surface area (Å²) in [6.45, 7) is 0. The number of rotatable bonds is 6. The summed E-state index contributed by atoms with van der Waals surface area (Å²) < 4.78 is 0. The summed E-state index contributed by atoms with van der Waals surface area (Å²) in [5.74, 6) is -0.867. The minimum atomic E-state index is -0.768. The number of Topliss-reactive ketones (excluding diaryl/α,β-unsaturated/α-hetero) is 1. The Bertz CT molecular complexity index is 776. The molecular formula is C23H32N4O2. The average Bonchev–Trinajstić information content (AvgIpc) is 3.15. The largest absolute Gasteiger partial charge is 0.390 e. The van der Waals surface area contributed by atoms with E-state index in [9.17, 15) is 15.2 Å². The van der Waals surface area contributed by atoms with Crippen molar-refractivity contribution < 1.29 is 9.90 Å². The van der Waals surface area contributed by atoms with Crippen LogP contribution in [0.5, 0.6) is 0 Å². The molecule has 6 nitrogen and oxygen atoms in total. The van der Waals surface area contributed by atoms with E-state index in [-0.39, 0.29) is 17.1 Å². The predicted octanol–water partition coefficient (Wildman–Crippen LogP) is 2.29. The third kappa shape index (κ3) is 3.85. The highest BCUT2D eigenvalue weighted by Gasteiger charge is 2.50. The van der Waals surface area contributed by atoms with Crippen molar-refractivity contribution in [1.82, 2.24) is 16.2 Å². The standard InChI is InChI=1S/C23H32N4O2/c1-25-23(17-6-3-2-4-7-17)12-10-21(11-13-23)15-19(26-27-21)18(20(28)16-24)14-22(29)8-5-9-22/h2-4,6-7,18-19,25-27,29H,5,8-15H2,1H3/t18?,19-,21?,23?/m0/s1. The maximum atomic E-state index is 12.4. The Morgan fingerprint density at radius 2 is 1.93 bits per heavy atom. The number of carbonyl (C=O) groups excluding carboxylic acids is 1. The number of hydrogen-bond acceptors (Lipinski definition) is 6. The summed E-state index contributed by atoms with van der Waals surface area (Å²) in [7, 11) is 2.04. The second-order valence-electron chi connectivity index (χ2n) is 9.42. The third-order valence-electron chi connectivity index (χ3n) is 7.82. The Morgan fingerprint density at radius 1 is 1.24 bits per heavy atom. The molecule has 4 N–H and O–H groups in total. The number of carbonyl (C=O) groups is 1. The SMILES string of the molecule is CNC1(c2ccccc2)CCC2(CC1)C[C@@H](C(CC1(O)CCC1)C(=O)C#N)NN2. The molecule has 6 heteroatoms. The maximum absolute atomic E-state index is 12.4. The van der Waals surface area contributed by atoms with Gasteiger partial charge in [-0.05, 0) is 70.4 Å². The predicted molar refractivity (Wildman–Crippen MR) is 111 cm³/mol. The first kappa shape index (κ1) is 20.5. The number of benzene rings is 1. The number of hydrazine groups is 1. The van der Waals surface area contributed by atoms with Gasteiger partial charge in [-0.15, -0.1) is 0 Å². The number of ketones is 1. The van der Waals surface area contributed by atoms with Crippen LogP contribution in [0.25, 0.3) is 0 Å². The van der Waals surface area contributed by atoms with Crippen molar-refractivity contribution in [3.63, 3.8) is 0 Å². The monoisotopic (exact) mass is 396 g/mol. The lowest BCUT2D eigenvalue weighted by atomic mass is 9.66. The molecule has 1 spiro atoms. The summed E-state index contributed by atoms with van der Waals surface area (Å²) in [6.07, 6.45) is 7.66. The highest BCUT2D eigenvalue weighted by atomic mass is 16.3. The van der Waals surface area contributed by atoms with Crippen molar-refractivity contribution in [1.29, 1.82) is 5.26 Å². The average molecular weight is 397 g/mol. The zero-order valence-electron chi connectivity index (χ0n) is 17.2. The van der Waals surface area contributed by atoms with Crippen LogP contribution in [0.4, 0.5) is 0 Å². The molecule has 29 heavy (non-hydrogen) atoms. The number of aliphatic hydroxyl groups is 1. The molecule has 156 valence electrons. The summed E-state index contributed by atoms with van der Waals surface area (Å²) in [5.41, 5.74) is 7.31. The van der Waals surface area contributed by atoms with Crippen molar-refractivity contribution in [2.24, 2.45) is 5.92 Å². The van der Waals surface area contributed by atoms with Crippen LogP contribution in [-0.4, -0.2) is 35.1 Å². The van der Waals surface area contributed by atoms with Gasteiger partial charge in [0.1, 0.15) is 6.07 Å². The molecule has 0 amide bonds. The van der Waals surface area contributed by atoms with Crippen LogP contribution in [0.1, 0.15) is 63.4 Å². The van der Waals surface area contributed by atoms with Crippen molar-refractivity contribution in [2.75, 3.05) is 7.05 Å². The molecule has 2 aliphatic carbocycles. The van der Waals surface area contributed by atoms with E-state index in [2.05, 4.69) is 40.4 Å². The first-order valence-electron chi connectivity index (χ1n) is 10.9. The van der Waals surface area contributed by atoms with Crippen LogP contribution in [-0.2, 0) is 10.3 Å². The molecule has 1 aliphatic heterocycles. The normalized spacial score (nSPS) is 34.3. The van der Waals surface area contributed by atoms with Crippen molar-refractivity contribution in [3.8, 4) is 6.07 Å². The smallest absolute Gasteiger partial charge is 0.236 e. The van der Waals surface area contributed by atoms with Crippen LogP contribution in [0.2, 0.25) is 0 Å². The fraction of sp³-hybridized carbons (Fsp3) is 0.652. The number of nitrogens with zero attached hydrogens (tertiary/aromatic N) is 1. The fourth-order valence-electron chi connectivity index (χ4n) is 5.64. The van der Waals surface area contributed by atoms with Crippen LogP contribution in [0.15, 0.2) is 30.3 Å². The van der Waals surface area contributed by atoms with Gasteiger partial charge < -0.3 is 10.4 Å². The van der Waals surface area contributed by atoms with Gasteiger partial charge in [0.05, 0.1) is 11.5 Å². The third-order valence-corrected chi connectivity index (χ3v) is 7.82.